The Morgan fingerprint density at radius 1 is 0.915 bits per heavy atom. The molecular formula is C38H44N4O4S. The number of likely N-dealkylation sites (tertiary alicyclic amines) is 1. The van der Waals surface area contributed by atoms with Crippen molar-refractivity contribution >= 4 is 34.5 Å². The molecule has 9 heteroatoms. The molecule has 4 fully saturated rings. The van der Waals surface area contributed by atoms with E-state index in [0.717, 1.165) is 43.5 Å². The number of anilines is 1. The Morgan fingerprint density at radius 2 is 1.70 bits per heavy atom. The largest absolute Gasteiger partial charge is 0.446 e. The Bertz CT molecular complexity index is 1690. The lowest BCUT2D eigenvalue weighted by Crippen LogP contribution is -2.54. The first-order chi connectivity index (χ1) is 23.0. The van der Waals surface area contributed by atoms with E-state index in [9.17, 15) is 14.7 Å². The van der Waals surface area contributed by atoms with Gasteiger partial charge in [0, 0.05) is 48.2 Å². The van der Waals surface area contributed by atoms with Gasteiger partial charge >= 0.3 is 6.09 Å². The van der Waals surface area contributed by atoms with Gasteiger partial charge < -0.3 is 24.0 Å². The summed E-state index contributed by atoms with van der Waals surface area (Å²) in [6.07, 6.45) is 15.2. The predicted octanol–water partition coefficient (Wildman–Crippen LogP) is 7.62. The first-order valence-electron chi connectivity index (χ1n) is 17.5. The minimum absolute atomic E-state index is 0.0885. The zero-order valence-corrected chi connectivity index (χ0v) is 27.7. The number of fused-ring (bicyclic) bond motifs is 1. The van der Waals surface area contributed by atoms with E-state index >= 15 is 0 Å². The van der Waals surface area contributed by atoms with E-state index in [1.54, 1.807) is 16.2 Å². The van der Waals surface area contributed by atoms with Gasteiger partial charge in [0.2, 0.25) is 5.91 Å². The summed E-state index contributed by atoms with van der Waals surface area (Å²) in [5.41, 5.74) is 4.77. The number of aliphatic hydroxyl groups is 1. The van der Waals surface area contributed by atoms with Gasteiger partial charge in [-0.05, 0) is 118 Å². The van der Waals surface area contributed by atoms with Crippen molar-refractivity contribution in [3.63, 3.8) is 0 Å². The Labute approximate surface area is 280 Å². The molecule has 4 aliphatic rings. The third-order valence-corrected chi connectivity index (χ3v) is 12.1. The van der Waals surface area contributed by atoms with E-state index in [1.807, 2.05) is 6.20 Å². The molecular weight excluding hydrogens is 609 g/mol. The van der Waals surface area contributed by atoms with Crippen LogP contribution in [0.5, 0.6) is 0 Å². The van der Waals surface area contributed by atoms with Gasteiger partial charge in [-0.25, -0.2) is 9.78 Å². The van der Waals surface area contributed by atoms with Crippen LogP contribution in [-0.2, 0) is 9.53 Å². The number of pyridine rings is 1. The number of amides is 2. The number of thiazole rings is 1. The van der Waals surface area contributed by atoms with Crippen molar-refractivity contribution in [3.8, 4) is 10.4 Å². The third-order valence-electron chi connectivity index (χ3n) is 10.9. The maximum Gasteiger partial charge on any atom is 0.410 e. The van der Waals surface area contributed by atoms with E-state index in [4.69, 9.17) is 9.72 Å². The van der Waals surface area contributed by atoms with Crippen LogP contribution in [0.2, 0.25) is 0 Å². The van der Waals surface area contributed by atoms with Gasteiger partial charge in [0.1, 0.15) is 6.10 Å². The summed E-state index contributed by atoms with van der Waals surface area (Å²) in [5.74, 6) is 1.74. The van der Waals surface area contributed by atoms with Crippen LogP contribution >= 0.6 is 11.3 Å². The number of β-amino-alcohol motifs (C(OH)–C–C–N with tert-alkyl or cyclic N) is 1. The van der Waals surface area contributed by atoms with E-state index in [0.29, 0.717) is 56.5 Å². The highest BCUT2D eigenvalue weighted by molar-refractivity contribution is 7.15. The fourth-order valence-corrected chi connectivity index (χ4v) is 8.88. The van der Waals surface area contributed by atoms with Gasteiger partial charge in [0.05, 0.1) is 29.1 Å². The summed E-state index contributed by atoms with van der Waals surface area (Å²) >= 11 is 1.79. The molecule has 3 aromatic heterocycles. The second-order valence-corrected chi connectivity index (χ2v) is 15.3. The molecule has 0 unspecified atom stereocenters. The van der Waals surface area contributed by atoms with Crippen molar-refractivity contribution in [2.75, 3.05) is 24.5 Å². The van der Waals surface area contributed by atoms with Crippen molar-refractivity contribution in [1.82, 2.24) is 14.3 Å². The fourth-order valence-electron chi connectivity index (χ4n) is 7.80. The van der Waals surface area contributed by atoms with Crippen molar-refractivity contribution < 1.29 is 19.4 Å². The Hall–Kier alpha value is -3.69. The Balaban J connectivity index is 0.963. The number of carbonyl (C=O) groups excluding carboxylic acids is 2. The molecule has 1 saturated heterocycles. The van der Waals surface area contributed by atoms with Crippen LogP contribution in [-0.4, -0.2) is 63.2 Å². The minimum atomic E-state index is -0.443. The number of hydrogen-bond donors (Lipinski definition) is 1. The van der Waals surface area contributed by atoms with E-state index in [1.165, 1.54) is 33.8 Å². The summed E-state index contributed by atoms with van der Waals surface area (Å²) in [7, 11) is 0. The zero-order valence-electron chi connectivity index (χ0n) is 26.9. The van der Waals surface area contributed by atoms with Crippen molar-refractivity contribution in [2.24, 2.45) is 11.8 Å². The number of ether oxygens (including phenoxy) is 1. The smallest absolute Gasteiger partial charge is 0.410 e. The molecule has 2 amide bonds. The van der Waals surface area contributed by atoms with Crippen LogP contribution in [0.3, 0.4) is 0 Å². The summed E-state index contributed by atoms with van der Waals surface area (Å²) in [4.78, 5) is 36.3. The number of rotatable bonds is 8. The number of benzene rings is 1. The summed E-state index contributed by atoms with van der Waals surface area (Å²) in [5, 5.41) is 10.8. The summed E-state index contributed by atoms with van der Waals surface area (Å²) in [6.45, 7) is 1.41. The molecule has 1 aromatic carbocycles. The lowest BCUT2D eigenvalue weighted by Gasteiger charge is -2.38. The molecule has 4 aromatic rings. The maximum atomic E-state index is 14.4. The standard InChI is InChI=1S/C38H44N4O4S/c43-33-23-41(24-33)38(45)46-34-15-13-28(14-16-34)37(44)42(32-6-3-4-29(18-32)35-20-39-36(47-35)27-11-12-27)21-25-7-9-26(10-8-25)30-19-31-5-1-2-17-40(31)22-30/h1-6,17-20,22,25-28,33-34,43H,7-16,21,23-24H2. The average molecular weight is 653 g/mol. The second-order valence-electron chi connectivity index (χ2n) is 14.3. The molecule has 8 nitrogen and oxygen atoms in total. The van der Waals surface area contributed by atoms with Crippen LogP contribution in [0.1, 0.15) is 86.6 Å². The van der Waals surface area contributed by atoms with Crippen LogP contribution in [0.25, 0.3) is 16.0 Å². The number of aliphatic hydroxyl groups excluding tert-OH is 1. The molecule has 0 radical (unpaired) electrons. The van der Waals surface area contributed by atoms with E-state index in [2.05, 4.69) is 70.2 Å². The molecule has 47 heavy (non-hydrogen) atoms. The molecule has 0 bridgehead atoms. The highest BCUT2D eigenvalue weighted by Crippen LogP contribution is 2.44. The van der Waals surface area contributed by atoms with Crippen molar-refractivity contribution in [1.29, 1.82) is 0 Å². The van der Waals surface area contributed by atoms with Crippen molar-refractivity contribution in [3.05, 3.63) is 77.7 Å². The number of carbonyl (C=O) groups is 2. The van der Waals surface area contributed by atoms with Gasteiger partial charge in [0.25, 0.3) is 0 Å². The molecule has 3 saturated carbocycles. The van der Waals surface area contributed by atoms with Gasteiger partial charge in [-0.15, -0.1) is 11.3 Å². The molecule has 1 N–H and O–H groups in total. The average Bonchev–Trinajstić information content (AvgIpc) is 3.64. The zero-order chi connectivity index (χ0) is 31.9. The molecule has 4 heterocycles. The quantitative estimate of drug-likeness (QED) is 0.212. The lowest BCUT2D eigenvalue weighted by molar-refractivity contribution is -0.124. The first kappa shape index (κ1) is 30.6. The third kappa shape index (κ3) is 6.70. The lowest BCUT2D eigenvalue weighted by atomic mass is 9.79. The topological polar surface area (TPSA) is 87.4 Å². The van der Waals surface area contributed by atoms with Crippen LogP contribution < -0.4 is 4.90 Å². The van der Waals surface area contributed by atoms with E-state index in [-0.39, 0.29) is 24.0 Å². The fraction of sp³-hybridized carbons (Fsp3) is 0.500. The first-order valence-corrected chi connectivity index (χ1v) is 18.4. The molecule has 246 valence electrons. The molecule has 3 aliphatic carbocycles. The minimum Gasteiger partial charge on any atom is -0.446 e. The van der Waals surface area contributed by atoms with Crippen LogP contribution in [0, 0.1) is 11.8 Å². The van der Waals surface area contributed by atoms with Crippen LogP contribution in [0.4, 0.5) is 10.5 Å². The van der Waals surface area contributed by atoms with Gasteiger partial charge in [-0.3, -0.25) is 4.79 Å². The number of aromatic nitrogens is 2. The maximum absolute atomic E-state index is 14.4. The Kier molecular flexibility index (Phi) is 8.52. The molecule has 0 atom stereocenters. The monoisotopic (exact) mass is 652 g/mol. The van der Waals surface area contributed by atoms with Crippen LogP contribution in [0.15, 0.2) is 67.1 Å². The molecule has 0 spiro atoms. The number of nitrogens with zero attached hydrogens (tertiary/aromatic N) is 4. The number of hydrogen-bond acceptors (Lipinski definition) is 6. The van der Waals surface area contributed by atoms with Gasteiger partial charge in [0.15, 0.2) is 0 Å². The highest BCUT2D eigenvalue weighted by atomic mass is 32.1. The summed E-state index contributed by atoms with van der Waals surface area (Å²) < 4.78 is 7.96. The second kappa shape index (κ2) is 13.1. The summed E-state index contributed by atoms with van der Waals surface area (Å²) in [6, 6.07) is 17.2. The Morgan fingerprint density at radius 3 is 2.45 bits per heavy atom. The van der Waals surface area contributed by atoms with Crippen molar-refractivity contribution in [2.45, 2.75) is 88.3 Å². The molecule has 8 rings (SSSR count). The predicted molar refractivity (Wildman–Crippen MR) is 184 cm³/mol. The van der Waals surface area contributed by atoms with E-state index < -0.39 is 6.10 Å². The van der Waals surface area contributed by atoms with Gasteiger partial charge in [-0.2, -0.15) is 0 Å². The highest BCUT2D eigenvalue weighted by Gasteiger charge is 2.36. The normalized spacial score (nSPS) is 25.0. The van der Waals surface area contributed by atoms with Gasteiger partial charge in [-0.1, -0.05) is 18.2 Å². The molecule has 1 aliphatic heterocycles. The SMILES string of the molecule is O=C(OC1CCC(C(=O)N(CC2CCC(c3cc4ccccn4c3)CC2)c2cccc(-c3cnc(C4CC4)s3)c2)CC1)N1CC(O)C1.